The second kappa shape index (κ2) is 11.1. The highest BCUT2D eigenvalue weighted by Gasteiger charge is 2.20. The van der Waals surface area contributed by atoms with Crippen LogP contribution in [0, 0.1) is 6.92 Å². The number of hydrogen-bond acceptors (Lipinski definition) is 5. The molecule has 3 aromatic rings. The van der Waals surface area contributed by atoms with Gasteiger partial charge in [-0.25, -0.2) is 8.42 Å². The topological polar surface area (TPSA) is 114 Å². The first-order chi connectivity index (χ1) is 17.2. The molecule has 0 aliphatic carbocycles. The Morgan fingerprint density at radius 2 is 1.75 bits per heavy atom. The van der Waals surface area contributed by atoms with Crippen LogP contribution >= 0.6 is 11.6 Å². The highest BCUT2D eigenvalue weighted by molar-refractivity contribution is 7.92. The molecule has 0 unspecified atom stereocenters. The SMILES string of the molecule is Cc1ccc(S(=O)(=O)Nc2ccc(Cl)c(C(=O)Nc3ccccc3C(=O)NC[C@@H]3CCCO3)c2)cc1. The van der Waals surface area contributed by atoms with Crippen LogP contribution in [0.2, 0.25) is 5.02 Å². The fourth-order valence-corrected chi connectivity index (χ4v) is 5.03. The molecule has 188 valence electrons. The van der Waals surface area contributed by atoms with Crippen molar-refractivity contribution < 1.29 is 22.7 Å². The van der Waals surface area contributed by atoms with Gasteiger partial charge in [0.1, 0.15) is 0 Å². The summed E-state index contributed by atoms with van der Waals surface area (Å²) in [7, 11) is -3.86. The van der Waals surface area contributed by atoms with E-state index in [1.54, 1.807) is 36.4 Å². The average Bonchev–Trinajstić information content (AvgIpc) is 3.38. The quantitative estimate of drug-likeness (QED) is 0.396. The average molecular weight is 528 g/mol. The molecule has 1 aliphatic heterocycles. The summed E-state index contributed by atoms with van der Waals surface area (Å²) in [6, 6.07) is 17.3. The molecule has 0 bridgehead atoms. The molecular weight excluding hydrogens is 502 g/mol. The fourth-order valence-electron chi connectivity index (χ4n) is 3.78. The van der Waals surface area contributed by atoms with Gasteiger partial charge < -0.3 is 15.4 Å². The number of halogens is 1. The third-order valence-corrected chi connectivity index (χ3v) is 7.46. The summed E-state index contributed by atoms with van der Waals surface area (Å²) in [6.07, 6.45) is 1.84. The van der Waals surface area contributed by atoms with Gasteiger partial charge in [0.2, 0.25) is 0 Å². The monoisotopic (exact) mass is 527 g/mol. The maximum atomic E-state index is 13.1. The van der Waals surface area contributed by atoms with Gasteiger partial charge in [0.25, 0.3) is 21.8 Å². The molecule has 0 radical (unpaired) electrons. The van der Waals surface area contributed by atoms with Crippen molar-refractivity contribution in [1.82, 2.24) is 5.32 Å². The number of ether oxygens (including phenoxy) is 1. The highest BCUT2D eigenvalue weighted by Crippen LogP contribution is 2.25. The molecule has 1 aliphatic rings. The number of aryl methyl sites for hydroxylation is 1. The molecule has 1 heterocycles. The van der Waals surface area contributed by atoms with Gasteiger partial charge in [-0.1, -0.05) is 41.4 Å². The van der Waals surface area contributed by atoms with Crippen LogP contribution < -0.4 is 15.4 Å². The first kappa shape index (κ1) is 25.7. The molecule has 8 nitrogen and oxygen atoms in total. The number of para-hydroxylation sites is 1. The van der Waals surface area contributed by atoms with Gasteiger partial charge >= 0.3 is 0 Å². The van der Waals surface area contributed by atoms with E-state index in [1.165, 1.54) is 30.3 Å². The molecule has 1 fully saturated rings. The minimum atomic E-state index is -3.86. The number of sulfonamides is 1. The summed E-state index contributed by atoms with van der Waals surface area (Å²) in [5.74, 6) is -0.928. The number of benzene rings is 3. The zero-order valence-corrected chi connectivity index (χ0v) is 21.2. The predicted octanol–water partition coefficient (Wildman–Crippen LogP) is 4.61. The lowest BCUT2D eigenvalue weighted by atomic mass is 10.1. The molecular formula is C26H26ClN3O5S. The van der Waals surface area contributed by atoms with Gasteiger partial charge in [0.15, 0.2) is 0 Å². The van der Waals surface area contributed by atoms with E-state index in [2.05, 4.69) is 15.4 Å². The molecule has 0 spiro atoms. The largest absolute Gasteiger partial charge is 0.376 e. The third-order valence-electron chi connectivity index (χ3n) is 5.73. The number of rotatable bonds is 8. The fraction of sp³-hybridized carbons (Fsp3) is 0.231. The highest BCUT2D eigenvalue weighted by atomic mass is 35.5. The van der Waals surface area contributed by atoms with Crippen molar-refractivity contribution in [2.24, 2.45) is 0 Å². The molecule has 0 saturated carbocycles. The van der Waals surface area contributed by atoms with Crippen molar-refractivity contribution in [2.75, 3.05) is 23.2 Å². The summed E-state index contributed by atoms with van der Waals surface area (Å²) >= 11 is 6.26. The van der Waals surface area contributed by atoms with E-state index in [0.717, 1.165) is 18.4 Å². The Morgan fingerprint density at radius 3 is 2.47 bits per heavy atom. The number of anilines is 2. The van der Waals surface area contributed by atoms with Crippen molar-refractivity contribution in [1.29, 1.82) is 0 Å². The van der Waals surface area contributed by atoms with Crippen LogP contribution in [-0.2, 0) is 14.8 Å². The van der Waals surface area contributed by atoms with Crippen molar-refractivity contribution in [2.45, 2.75) is 30.8 Å². The Balaban J connectivity index is 1.50. The first-order valence-corrected chi connectivity index (χ1v) is 13.3. The number of hydrogen-bond donors (Lipinski definition) is 3. The summed E-state index contributed by atoms with van der Waals surface area (Å²) in [5, 5.41) is 5.68. The normalized spacial score (nSPS) is 15.3. The van der Waals surface area contributed by atoms with Crippen LogP contribution in [0.4, 0.5) is 11.4 Å². The molecule has 2 amide bonds. The number of amides is 2. The maximum absolute atomic E-state index is 13.1. The Morgan fingerprint density at radius 1 is 1.00 bits per heavy atom. The van der Waals surface area contributed by atoms with Gasteiger partial charge in [-0.15, -0.1) is 0 Å². The standard InChI is InChI=1S/C26H26ClN3O5S/c1-17-8-11-20(12-9-17)36(33,34)30-18-10-13-23(27)22(15-18)26(32)29-24-7-3-2-6-21(24)25(31)28-16-19-5-4-14-35-19/h2-3,6-13,15,19,30H,4-5,14,16H2,1H3,(H,28,31)(H,29,32)/t19-/m0/s1. The van der Waals surface area contributed by atoms with E-state index in [1.807, 2.05) is 6.92 Å². The van der Waals surface area contributed by atoms with Crippen LogP contribution in [-0.4, -0.2) is 39.5 Å². The lowest BCUT2D eigenvalue weighted by molar-refractivity contribution is 0.0858. The Kier molecular flexibility index (Phi) is 7.93. The van der Waals surface area contributed by atoms with Crippen LogP contribution in [0.1, 0.15) is 39.1 Å². The van der Waals surface area contributed by atoms with E-state index < -0.39 is 15.9 Å². The molecule has 0 aromatic heterocycles. The van der Waals surface area contributed by atoms with Gasteiger partial charge in [-0.05, 0) is 62.2 Å². The van der Waals surface area contributed by atoms with E-state index >= 15 is 0 Å². The Labute approximate surface area is 215 Å². The second-order valence-electron chi connectivity index (χ2n) is 8.46. The molecule has 10 heteroatoms. The number of carbonyl (C=O) groups is 2. The Hall–Kier alpha value is -3.40. The van der Waals surface area contributed by atoms with Crippen LogP contribution in [0.25, 0.3) is 0 Å². The van der Waals surface area contributed by atoms with E-state index in [0.29, 0.717) is 18.8 Å². The minimum Gasteiger partial charge on any atom is -0.376 e. The van der Waals surface area contributed by atoms with Gasteiger partial charge in [0.05, 0.1) is 32.8 Å². The molecule has 1 saturated heterocycles. The third kappa shape index (κ3) is 6.23. The van der Waals surface area contributed by atoms with Crippen molar-refractivity contribution in [3.05, 3.63) is 88.4 Å². The number of carbonyl (C=O) groups excluding carboxylic acids is 2. The van der Waals surface area contributed by atoms with Crippen LogP contribution in [0.3, 0.4) is 0 Å². The zero-order valence-electron chi connectivity index (χ0n) is 19.6. The first-order valence-electron chi connectivity index (χ1n) is 11.4. The van der Waals surface area contributed by atoms with Crippen molar-refractivity contribution in [3.63, 3.8) is 0 Å². The molecule has 1 atom stereocenters. The predicted molar refractivity (Wildman–Crippen MR) is 139 cm³/mol. The van der Waals surface area contributed by atoms with E-state index in [4.69, 9.17) is 16.3 Å². The molecule has 4 rings (SSSR count). The van der Waals surface area contributed by atoms with Crippen LogP contribution in [0.5, 0.6) is 0 Å². The zero-order chi connectivity index (χ0) is 25.7. The summed E-state index contributed by atoms with van der Waals surface area (Å²) in [5.41, 5.74) is 1.74. The Bertz CT molecular complexity index is 1370. The van der Waals surface area contributed by atoms with E-state index in [9.17, 15) is 18.0 Å². The minimum absolute atomic E-state index is 0.0130. The van der Waals surface area contributed by atoms with Crippen LogP contribution in [0.15, 0.2) is 71.6 Å². The van der Waals surface area contributed by atoms with Gasteiger partial charge in [-0.3, -0.25) is 14.3 Å². The summed E-state index contributed by atoms with van der Waals surface area (Å²) in [6.45, 7) is 2.93. The smallest absolute Gasteiger partial charge is 0.261 e. The second-order valence-corrected chi connectivity index (χ2v) is 10.5. The van der Waals surface area contributed by atoms with Crippen molar-refractivity contribution in [3.8, 4) is 0 Å². The van der Waals surface area contributed by atoms with Crippen molar-refractivity contribution >= 4 is 44.8 Å². The van der Waals surface area contributed by atoms with E-state index in [-0.39, 0.29) is 38.7 Å². The molecule has 3 aromatic carbocycles. The van der Waals surface area contributed by atoms with Gasteiger partial charge in [-0.2, -0.15) is 0 Å². The summed E-state index contributed by atoms with van der Waals surface area (Å²) < 4.78 is 33.5. The van der Waals surface area contributed by atoms with Gasteiger partial charge in [0, 0.05) is 18.8 Å². The molecule has 3 N–H and O–H groups in total. The lowest BCUT2D eigenvalue weighted by Gasteiger charge is -2.15. The maximum Gasteiger partial charge on any atom is 0.261 e. The number of nitrogens with one attached hydrogen (secondary N) is 3. The summed E-state index contributed by atoms with van der Waals surface area (Å²) in [4.78, 5) is 25.9. The molecule has 36 heavy (non-hydrogen) atoms. The lowest BCUT2D eigenvalue weighted by Crippen LogP contribution is -2.32.